The number of carboxylic acids is 1. The molecule has 0 saturated carbocycles. The van der Waals surface area contributed by atoms with E-state index >= 15 is 0 Å². The van der Waals surface area contributed by atoms with Gasteiger partial charge in [-0.2, -0.15) is 0 Å². The van der Waals surface area contributed by atoms with Crippen molar-refractivity contribution in [1.82, 2.24) is 4.90 Å². The highest BCUT2D eigenvalue weighted by atomic mass is 16.6. The molecule has 6 nitrogen and oxygen atoms in total. The van der Waals surface area contributed by atoms with Crippen molar-refractivity contribution in [2.24, 2.45) is 0 Å². The Morgan fingerprint density at radius 1 is 1.50 bits per heavy atom. The van der Waals surface area contributed by atoms with Crippen LogP contribution < -0.4 is 0 Å². The van der Waals surface area contributed by atoms with Gasteiger partial charge < -0.3 is 10.0 Å². The Hall–Kier alpha value is -2.37. The summed E-state index contributed by atoms with van der Waals surface area (Å²) in [5.41, 5.74) is 0.443. The maximum absolute atomic E-state index is 11.0. The second kappa shape index (κ2) is 5.81. The molecule has 0 heterocycles. The Morgan fingerprint density at radius 2 is 2.17 bits per heavy atom. The van der Waals surface area contributed by atoms with Crippen LogP contribution in [0.1, 0.15) is 11.1 Å². The highest BCUT2D eigenvalue weighted by Crippen LogP contribution is 2.25. The van der Waals surface area contributed by atoms with Gasteiger partial charge in [0.2, 0.25) is 0 Å². The minimum atomic E-state index is -1.09. The summed E-state index contributed by atoms with van der Waals surface area (Å²) < 4.78 is 0. The van der Waals surface area contributed by atoms with Gasteiger partial charge in [-0.15, -0.1) is 0 Å². The first kappa shape index (κ1) is 13.7. The fourth-order valence-corrected chi connectivity index (χ4v) is 1.50. The van der Waals surface area contributed by atoms with Gasteiger partial charge in [0, 0.05) is 19.7 Å². The summed E-state index contributed by atoms with van der Waals surface area (Å²) >= 11 is 0. The first-order valence-corrected chi connectivity index (χ1v) is 5.24. The number of aliphatic carboxylic acids is 1. The number of nitrogens with zero attached hydrogens (tertiary/aromatic N) is 2. The fraction of sp³-hybridized carbons (Fsp3) is 0.250. The number of nitro benzene ring substituents is 1. The van der Waals surface area contributed by atoms with Crippen molar-refractivity contribution in [2.75, 3.05) is 14.1 Å². The van der Waals surface area contributed by atoms with E-state index in [1.807, 2.05) is 0 Å². The summed E-state index contributed by atoms with van der Waals surface area (Å²) in [4.78, 5) is 22.9. The van der Waals surface area contributed by atoms with Gasteiger partial charge in [0.25, 0.3) is 5.69 Å². The monoisotopic (exact) mass is 250 g/mol. The molecule has 18 heavy (non-hydrogen) atoms. The van der Waals surface area contributed by atoms with Gasteiger partial charge in [-0.05, 0) is 18.3 Å². The molecule has 0 aromatic heterocycles. The summed E-state index contributed by atoms with van der Waals surface area (Å²) in [7, 11) is 3.59. The molecule has 0 unspecified atom stereocenters. The predicted octanol–water partition coefficient (Wildman–Crippen LogP) is 1.75. The van der Waals surface area contributed by atoms with Crippen LogP contribution in [-0.4, -0.2) is 35.0 Å². The molecular formula is C12H14N2O4. The quantitative estimate of drug-likeness (QED) is 0.635. The lowest BCUT2D eigenvalue weighted by molar-refractivity contribution is -0.385. The summed E-state index contributed by atoms with van der Waals surface area (Å²) in [6, 6.07) is 4.66. The molecule has 0 radical (unpaired) electrons. The minimum Gasteiger partial charge on any atom is -0.481 e. The number of benzene rings is 1. The molecule has 1 N–H and O–H groups in total. The number of nitro groups is 1. The molecule has 0 aliphatic heterocycles. The van der Waals surface area contributed by atoms with Crippen LogP contribution in [-0.2, 0) is 11.2 Å². The largest absolute Gasteiger partial charge is 0.481 e. The highest BCUT2D eigenvalue weighted by Gasteiger charge is 2.19. The molecule has 0 atom stereocenters. The molecule has 1 aromatic carbocycles. The predicted molar refractivity (Wildman–Crippen MR) is 67.2 cm³/mol. The van der Waals surface area contributed by atoms with Gasteiger partial charge >= 0.3 is 5.97 Å². The van der Waals surface area contributed by atoms with E-state index in [2.05, 4.69) is 0 Å². The second-order valence-electron chi connectivity index (χ2n) is 3.96. The average molecular weight is 250 g/mol. The Morgan fingerprint density at radius 3 is 2.67 bits per heavy atom. The van der Waals surface area contributed by atoms with Crippen molar-refractivity contribution in [3.63, 3.8) is 0 Å². The molecular weight excluding hydrogens is 236 g/mol. The van der Waals surface area contributed by atoms with Crippen LogP contribution in [0.5, 0.6) is 0 Å². The zero-order valence-corrected chi connectivity index (χ0v) is 10.2. The summed E-state index contributed by atoms with van der Waals surface area (Å²) in [6.07, 6.45) is 2.90. The van der Waals surface area contributed by atoms with Crippen molar-refractivity contribution in [2.45, 2.75) is 6.42 Å². The number of rotatable bonds is 5. The Kier molecular flexibility index (Phi) is 4.42. The molecule has 0 amide bonds. The normalized spacial score (nSPS) is 10.6. The maximum atomic E-state index is 11.0. The van der Waals surface area contributed by atoms with E-state index in [0.29, 0.717) is 5.56 Å². The molecule has 0 fully saturated rings. The third-order valence-corrected chi connectivity index (χ3v) is 2.23. The van der Waals surface area contributed by atoms with Gasteiger partial charge in [-0.25, -0.2) is 0 Å². The van der Waals surface area contributed by atoms with E-state index in [1.54, 1.807) is 43.4 Å². The summed E-state index contributed by atoms with van der Waals surface area (Å²) in [5.74, 6) is -1.09. The molecule has 0 saturated heterocycles. The molecule has 96 valence electrons. The van der Waals surface area contributed by atoms with Crippen molar-refractivity contribution in [1.29, 1.82) is 0 Å². The van der Waals surface area contributed by atoms with Crippen LogP contribution >= 0.6 is 0 Å². The Balaban J connectivity index is 3.25. The number of carboxylic acid groups (broad SMARTS) is 1. The number of para-hydroxylation sites is 1. The lowest BCUT2D eigenvalue weighted by atomic mass is 10.0. The van der Waals surface area contributed by atoms with Gasteiger partial charge in [0.15, 0.2) is 0 Å². The van der Waals surface area contributed by atoms with Gasteiger partial charge in [-0.1, -0.05) is 12.1 Å². The molecule has 1 rings (SSSR count). The Bertz CT molecular complexity index is 495. The van der Waals surface area contributed by atoms with Gasteiger partial charge in [0.05, 0.1) is 16.9 Å². The van der Waals surface area contributed by atoms with Crippen molar-refractivity contribution >= 4 is 17.7 Å². The Labute approximate surface area is 104 Å². The molecule has 1 aromatic rings. The minimum absolute atomic E-state index is 0.155. The number of hydrogen-bond donors (Lipinski definition) is 1. The SMILES string of the molecule is CN(C)/C=C/c1cccc(CC(=O)O)c1[N+](=O)[O-]. The molecule has 0 spiro atoms. The van der Waals surface area contributed by atoms with Crippen LogP contribution in [0.3, 0.4) is 0 Å². The topological polar surface area (TPSA) is 83.7 Å². The number of hydrogen-bond acceptors (Lipinski definition) is 4. The van der Waals surface area contributed by atoms with Crippen LogP contribution in [0.25, 0.3) is 6.08 Å². The van der Waals surface area contributed by atoms with E-state index in [0.717, 1.165) is 0 Å². The van der Waals surface area contributed by atoms with Crippen molar-refractivity contribution in [3.05, 3.63) is 45.6 Å². The summed E-state index contributed by atoms with van der Waals surface area (Å²) in [6.45, 7) is 0. The fourth-order valence-electron chi connectivity index (χ4n) is 1.50. The first-order chi connectivity index (χ1) is 8.41. The smallest absolute Gasteiger partial charge is 0.308 e. The van der Waals surface area contributed by atoms with E-state index in [1.165, 1.54) is 6.07 Å². The van der Waals surface area contributed by atoms with E-state index in [9.17, 15) is 14.9 Å². The standard InChI is InChI=1S/C12H14N2O4/c1-13(2)7-6-9-4-3-5-10(8-11(15)16)12(9)14(17)18/h3-7H,8H2,1-2H3,(H,15,16)/b7-6+. The third kappa shape index (κ3) is 3.58. The van der Waals surface area contributed by atoms with Crippen LogP contribution in [0, 0.1) is 10.1 Å². The second-order valence-corrected chi connectivity index (χ2v) is 3.96. The molecule has 0 aliphatic carbocycles. The lowest BCUT2D eigenvalue weighted by Crippen LogP contribution is -2.05. The van der Waals surface area contributed by atoms with Gasteiger partial charge in [0.1, 0.15) is 0 Å². The molecule has 0 aliphatic rings. The van der Waals surface area contributed by atoms with E-state index < -0.39 is 10.9 Å². The molecule has 0 bridgehead atoms. The third-order valence-electron chi connectivity index (χ3n) is 2.23. The zero-order chi connectivity index (χ0) is 13.7. The maximum Gasteiger partial charge on any atom is 0.308 e. The van der Waals surface area contributed by atoms with E-state index in [-0.39, 0.29) is 17.7 Å². The first-order valence-electron chi connectivity index (χ1n) is 5.24. The zero-order valence-electron chi connectivity index (χ0n) is 10.2. The number of carbonyl (C=O) groups is 1. The van der Waals surface area contributed by atoms with Crippen LogP contribution in [0.2, 0.25) is 0 Å². The summed E-state index contributed by atoms with van der Waals surface area (Å²) in [5, 5.41) is 19.8. The van der Waals surface area contributed by atoms with Crippen LogP contribution in [0.4, 0.5) is 5.69 Å². The lowest BCUT2D eigenvalue weighted by Gasteiger charge is -2.06. The highest BCUT2D eigenvalue weighted by molar-refractivity contribution is 5.74. The van der Waals surface area contributed by atoms with Crippen molar-refractivity contribution in [3.8, 4) is 0 Å². The average Bonchev–Trinajstić information content (AvgIpc) is 2.25. The van der Waals surface area contributed by atoms with E-state index in [4.69, 9.17) is 5.11 Å². The van der Waals surface area contributed by atoms with Crippen molar-refractivity contribution < 1.29 is 14.8 Å². The van der Waals surface area contributed by atoms with Gasteiger partial charge in [-0.3, -0.25) is 14.9 Å². The molecule has 6 heteroatoms. The van der Waals surface area contributed by atoms with Crippen LogP contribution in [0.15, 0.2) is 24.4 Å².